The third-order valence-electron chi connectivity index (χ3n) is 2.49. The molecule has 0 aliphatic carbocycles. The zero-order chi connectivity index (χ0) is 12.0. The highest BCUT2D eigenvalue weighted by atomic mass is 16.2. The Balaban J connectivity index is 3.98. The van der Waals surface area contributed by atoms with Gasteiger partial charge in [0.05, 0.1) is 13.1 Å². The van der Waals surface area contributed by atoms with Crippen LogP contribution in [0.3, 0.4) is 0 Å². The van der Waals surface area contributed by atoms with Crippen molar-refractivity contribution in [2.75, 3.05) is 34.2 Å². The number of Topliss-reactive ketones (excluding diaryl/α,β-unsaturated/α-hetero) is 1. The Kier molecular flexibility index (Phi) is 6.17. The number of carbonyl (C=O) groups excluding carboxylic acids is 2. The molecule has 0 aromatic rings. The van der Waals surface area contributed by atoms with Crippen molar-refractivity contribution in [1.82, 2.24) is 9.80 Å². The second-order valence-electron chi connectivity index (χ2n) is 4.24. The van der Waals surface area contributed by atoms with Crippen molar-refractivity contribution in [1.29, 1.82) is 0 Å². The molecule has 1 atom stereocenters. The molecule has 1 unspecified atom stereocenters. The van der Waals surface area contributed by atoms with E-state index in [9.17, 15) is 9.59 Å². The van der Waals surface area contributed by atoms with Crippen molar-refractivity contribution in [3.05, 3.63) is 0 Å². The van der Waals surface area contributed by atoms with Crippen LogP contribution in [-0.2, 0) is 9.59 Å². The van der Waals surface area contributed by atoms with Gasteiger partial charge in [-0.05, 0) is 13.5 Å². The van der Waals surface area contributed by atoms with Crippen molar-refractivity contribution >= 4 is 11.7 Å². The minimum absolute atomic E-state index is 0.0226. The van der Waals surface area contributed by atoms with E-state index in [1.165, 1.54) is 4.90 Å². The summed E-state index contributed by atoms with van der Waals surface area (Å²) in [6.45, 7) is 4.57. The van der Waals surface area contributed by atoms with E-state index in [1.807, 2.05) is 13.8 Å². The molecule has 15 heavy (non-hydrogen) atoms. The molecule has 0 radical (unpaired) electrons. The molecule has 0 fully saturated rings. The van der Waals surface area contributed by atoms with Crippen molar-refractivity contribution in [3.8, 4) is 0 Å². The molecule has 4 heteroatoms. The Morgan fingerprint density at radius 2 is 1.67 bits per heavy atom. The lowest BCUT2D eigenvalue weighted by Crippen LogP contribution is -2.38. The first-order valence-corrected chi connectivity index (χ1v) is 5.29. The summed E-state index contributed by atoms with van der Waals surface area (Å²) >= 11 is 0. The molecule has 0 N–H and O–H groups in total. The Labute approximate surface area is 92.2 Å². The summed E-state index contributed by atoms with van der Waals surface area (Å²) in [5.41, 5.74) is 0. The third-order valence-corrected chi connectivity index (χ3v) is 2.49. The number of likely N-dealkylation sites (N-methyl/N-ethyl adjacent to an activating group) is 2. The summed E-state index contributed by atoms with van der Waals surface area (Å²) in [5, 5.41) is 0. The van der Waals surface area contributed by atoms with Gasteiger partial charge in [0, 0.05) is 20.0 Å². The van der Waals surface area contributed by atoms with E-state index in [2.05, 4.69) is 0 Å². The normalized spacial score (nSPS) is 12.7. The van der Waals surface area contributed by atoms with Crippen LogP contribution in [0.1, 0.15) is 20.3 Å². The number of hydrogen-bond acceptors (Lipinski definition) is 3. The average molecular weight is 214 g/mol. The summed E-state index contributed by atoms with van der Waals surface area (Å²) in [4.78, 5) is 26.2. The molecule has 0 aromatic heterocycles. The predicted molar refractivity (Wildman–Crippen MR) is 60.7 cm³/mol. The van der Waals surface area contributed by atoms with Gasteiger partial charge in [0.15, 0.2) is 0 Å². The van der Waals surface area contributed by atoms with Gasteiger partial charge in [-0.15, -0.1) is 0 Å². The fourth-order valence-electron chi connectivity index (χ4n) is 1.08. The summed E-state index contributed by atoms with van der Waals surface area (Å²) < 4.78 is 0. The first-order valence-electron chi connectivity index (χ1n) is 5.29. The molecule has 0 saturated carbocycles. The highest BCUT2D eigenvalue weighted by molar-refractivity contribution is 5.83. The van der Waals surface area contributed by atoms with Crippen LogP contribution in [0.25, 0.3) is 0 Å². The third kappa shape index (κ3) is 5.52. The highest BCUT2D eigenvalue weighted by Crippen LogP contribution is 2.03. The van der Waals surface area contributed by atoms with Gasteiger partial charge in [0.2, 0.25) is 5.91 Å². The molecule has 1 amide bonds. The van der Waals surface area contributed by atoms with Crippen LogP contribution in [0, 0.1) is 5.92 Å². The molecule has 0 bridgehead atoms. The molecule has 0 saturated heterocycles. The van der Waals surface area contributed by atoms with Gasteiger partial charge in [-0.1, -0.05) is 13.8 Å². The molecule has 0 heterocycles. The van der Waals surface area contributed by atoms with Crippen LogP contribution in [-0.4, -0.2) is 55.7 Å². The molecule has 4 nitrogen and oxygen atoms in total. The Morgan fingerprint density at radius 3 is 2.07 bits per heavy atom. The average Bonchev–Trinajstić information content (AvgIpc) is 2.15. The lowest BCUT2D eigenvalue weighted by molar-refractivity contribution is -0.130. The maximum Gasteiger partial charge on any atom is 0.236 e. The van der Waals surface area contributed by atoms with E-state index in [-0.39, 0.29) is 17.6 Å². The predicted octanol–water partition coefficient (Wildman–Crippen LogP) is 0.622. The van der Waals surface area contributed by atoms with E-state index in [0.717, 1.165) is 6.42 Å². The summed E-state index contributed by atoms with van der Waals surface area (Å²) in [7, 11) is 5.22. The summed E-state index contributed by atoms with van der Waals surface area (Å²) in [5.74, 6) is 0.308. The van der Waals surface area contributed by atoms with Crippen LogP contribution in [0.5, 0.6) is 0 Å². The standard InChI is InChI=1S/C11H22N2O2/c1-6-9(2)10(14)7-13(5)8-11(15)12(3)4/h9H,6-8H2,1-5H3. The zero-order valence-electron chi connectivity index (χ0n) is 10.4. The van der Waals surface area contributed by atoms with Crippen LogP contribution < -0.4 is 0 Å². The van der Waals surface area contributed by atoms with Crippen molar-refractivity contribution in [2.24, 2.45) is 5.92 Å². The molecule has 0 aliphatic heterocycles. The molecule has 0 aliphatic rings. The molecule has 0 rings (SSSR count). The van der Waals surface area contributed by atoms with E-state index in [4.69, 9.17) is 0 Å². The summed E-state index contributed by atoms with van der Waals surface area (Å²) in [6.07, 6.45) is 0.855. The van der Waals surface area contributed by atoms with E-state index >= 15 is 0 Å². The van der Waals surface area contributed by atoms with E-state index in [1.54, 1.807) is 26.0 Å². The number of ketones is 1. The van der Waals surface area contributed by atoms with Gasteiger partial charge in [-0.2, -0.15) is 0 Å². The minimum atomic E-state index is 0.0226. The van der Waals surface area contributed by atoms with Gasteiger partial charge in [-0.25, -0.2) is 0 Å². The molecule has 88 valence electrons. The fourth-order valence-corrected chi connectivity index (χ4v) is 1.08. The first-order chi connectivity index (χ1) is 6.88. The first kappa shape index (κ1) is 14.1. The second kappa shape index (κ2) is 6.56. The Hall–Kier alpha value is -0.900. The van der Waals surface area contributed by atoms with Gasteiger partial charge in [-0.3, -0.25) is 14.5 Å². The fraction of sp³-hybridized carbons (Fsp3) is 0.818. The summed E-state index contributed by atoms with van der Waals surface area (Å²) in [6, 6.07) is 0. The van der Waals surface area contributed by atoms with E-state index < -0.39 is 0 Å². The van der Waals surface area contributed by atoms with E-state index in [0.29, 0.717) is 13.1 Å². The van der Waals surface area contributed by atoms with Gasteiger partial charge in [0.25, 0.3) is 0 Å². The number of nitrogens with zero attached hydrogens (tertiary/aromatic N) is 2. The number of carbonyl (C=O) groups is 2. The Morgan fingerprint density at radius 1 is 1.13 bits per heavy atom. The Bertz CT molecular complexity index is 227. The smallest absolute Gasteiger partial charge is 0.236 e. The molecular formula is C11H22N2O2. The van der Waals surface area contributed by atoms with Crippen molar-refractivity contribution in [2.45, 2.75) is 20.3 Å². The van der Waals surface area contributed by atoms with Crippen LogP contribution >= 0.6 is 0 Å². The number of amides is 1. The SMILES string of the molecule is CCC(C)C(=O)CN(C)CC(=O)N(C)C. The lowest BCUT2D eigenvalue weighted by Gasteiger charge is -2.19. The van der Waals surface area contributed by atoms with Crippen LogP contribution in [0.2, 0.25) is 0 Å². The van der Waals surface area contributed by atoms with Gasteiger partial charge >= 0.3 is 0 Å². The van der Waals surface area contributed by atoms with Crippen molar-refractivity contribution < 1.29 is 9.59 Å². The lowest BCUT2D eigenvalue weighted by atomic mass is 10.0. The quantitative estimate of drug-likeness (QED) is 0.651. The van der Waals surface area contributed by atoms with Crippen LogP contribution in [0.4, 0.5) is 0 Å². The van der Waals surface area contributed by atoms with Crippen molar-refractivity contribution in [3.63, 3.8) is 0 Å². The molecule has 0 spiro atoms. The topological polar surface area (TPSA) is 40.6 Å². The minimum Gasteiger partial charge on any atom is -0.348 e. The second-order valence-corrected chi connectivity index (χ2v) is 4.24. The maximum atomic E-state index is 11.6. The number of hydrogen-bond donors (Lipinski definition) is 0. The largest absolute Gasteiger partial charge is 0.348 e. The highest BCUT2D eigenvalue weighted by Gasteiger charge is 2.15. The molecular weight excluding hydrogens is 192 g/mol. The monoisotopic (exact) mass is 214 g/mol. The number of rotatable bonds is 6. The van der Waals surface area contributed by atoms with Gasteiger partial charge in [0.1, 0.15) is 5.78 Å². The van der Waals surface area contributed by atoms with Crippen LogP contribution in [0.15, 0.2) is 0 Å². The molecule has 0 aromatic carbocycles. The van der Waals surface area contributed by atoms with Gasteiger partial charge < -0.3 is 4.90 Å². The zero-order valence-corrected chi connectivity index (χ0v) is 10.4. The maximum absolute atomic E-state index is 11.6.